The molecule has 7 rings (SSSR count). The zero-order chi connectivity index (χ0) is 47.2. The Morgan fingerprint density at radius 1 is 0.597 bits per heavy atom. The number of anilines is 2. The third kappa shape index (κ3) is 11.1. The zero-order valence-corrected chi connectivity index (χ0v) is 38.4. The summed E-state index contributed by atoms with van der Waals surface area (Å²) in [4.78, 5) is 28.3. The Morgan fingerprint density at radius 2 is 1.03 bits per heavy atom. The van der Waals surface area contributed by atoms with Gasteiger partial charge < -0.3 is 28.7 Å². The molecule has 0 N–H and O–H groups in total. The molecule has 67 heavy (non-hydrogen) atoms. The predicted molar refractivity (Wildman–Crippen MR) is 263 cm³/mol. The van der Waals surface area contributed by atoms with Crippen molar-refractivity contribution >= 4 is 35.5 Å². The van der Waals surface area contributed by atoms with E-state index in [2.05, 4.69) is 113 Å². The molecule has 0 fully saturated rings. The van der Waals surface area contributed by atoms with Gasteiger partial charge in [0.1, 0.15) is 48.0 Å². The summed E-state index contributed by atoms with van der Waals surface area (Å²) in [6.07, 6.45) is 3.93. The van der Waals surface area contributed by atoms with Crippen LogP contribution in [0.4, 0.5) is 11.4 Å². The maximum atomic E-state index is 12.1. The number of nitrogens with zero attached hydrogens (tertiary/aromatic N) is 4. The highest BCUT2D eigenvalue weighted by atomic mass is 16.5. The SMILES string of the molecule is CCOC(=O)/C(C#N)=C/c1ccc(N(C)CCOc2ccc(C3(c4ccc(OCCN(C)c5ccc(/C=C(\C#N)C(=O)OCC)cc5)cc4)CC(c4ccccc4)c4ccccc43)cc2)cc1. The maximum Gasteiger partial charge on any atom is 0.348 e. The number of hydrogen-bond donors (Lipinski definition) is 0. The van der Waals surface area contributed by atoms with Crippen LogP contribution in [0.25, 0.3) is 12.2 Å². The molecule has 0 amide bonds. The first kappa shape index (κ1) is 46.9. The van der Waals surface area contributed by atoms with E-state index in [1.165, 1.54) is 40.0 Å². The average molecular weight is 891 g/mol. The summed E-state index contributed by atoms with van der Waals surface area (Å²) in [5.74, 6) is 0.505. The summed E-state index contributed by atoms with van der Waals surface area (Å²) in [5.41, 5.74) is 9.17. The Kier molecular flexibility index (Phi) is 15.5. The van der Waals surface area contributed by atoms with Gasteiger partial charge in [-0.2, -0.15) is 10.5 Å². The minimum Gasteiger partial charge on any atom is -0.492 e. The van der Waals surface area contributed by atoms with Crippen molar-refractivity contribution in [2.75, 3.05) is 63.4 Å². The largest absolute Gasteiger partial charge is 0.492 e. The number of benzene rings is 6. The highest BCUT2D eigenvalue weighted by Gasteiger charge is 2.46. The van der Waals surface area contributed by atoms with E-state index in [4.69, 9.17) is 18.9 Å². The molecule has 338 valence electrons. The molecule has 0 heterocycles. The second-order valence-electron chi connectivity index (χ2n) is 16.2. The van der Waals surface area contributed by atoms with Gasteiger partial charge in [0.05, 0.1) is 26.3 Å². The van der Waals surface area contributed by atoms with E-state index in [-0.39, 0.29) is 30.3 Å². The van der Waals surface area contributed by atoms with Gasteiger partial charge in [-0.1, -0.05) is 103 Å². The van der Waals surface area contributed by atoms with Gasteiger partial charge in [0.25, 0.3) is 0 Å². The first-order valence-corrected chi connectivity index (χ1v) is 22.5. The number of esters is 2. The van der Waals surface area contributed by atoms with Gasteiger partial charge in [0.15, 0.2) is 0 Å². The van der Waals surface area contributed by atoms with Crippen LogP contribution in [0.1, 0.15) is 65.1 Å². The summed E-state index contributed by atoms with van der Waals surface area (Å²) >= 11 is 0. The van der Waals surface area contributed by atoms with Crippen molar-refractivity contribution in [3.05, 3.63) is 202 Å². The first-order valence-electron chi connectivity index (χ1n) is 22.5. The summed E-state index contributed by atoms with van der Waals surface area (Å²) in [6.45, 7) is 6.04. The molecule has 10 heteroatoms. The van der Waals surface area contributed by atoms with E-state index in [0.29, 0.717) is 26.3 Å². The first-order chi connectivity index (χ1) is 32.7. The third-order valence-corrected chi connectivity index (χ3v) is 12.1. The Hall–Kier alpha value is -8.08. The van der Waals surface area contributed by atoms with Crippen LogP contribution in [0.5, 0.6) is 11.5 Å². The van der Waals surface area contributed by atoms with Crippen molar-refractivity contribution in [2.45, 2.75) is 31.6 Å². The number of likely N-dealkylation sites (N-methyl/N-ethyl adjacent to an activating group) is 2. The van der Waals surface area contributed by atoms with Gasteiger partial charge in [-0.3, -0.25) is 0 Å². The van der Waals surface area contributed by atoms with Crippen LogP contribution in [0.3, 0.4) is 0 Å². The molecule has 6 aromatic carbocycles. The number of nitriles is 2. The summed E-state index contributed by atoms with van der Waals surface area (Å²) in [7, 11) is 4.00. The lowest BCUT2D eigenvalue weighted by atomic mass is 9.69. The molecule has 1 atom stereocenters. The lowest BCUT2D eigenvalue weighted by Crippen LogP contribution is -2.27. The summed E-state index contributed by atoms with van der Waals surface area (Å²) < 4.78 is 22.6. The molecule has 1 aliphatic carbocycles. The van der Waals surface area contributed by atoms with Crippen molar-refractivity contribution in [1.82, 2.24) is 0 Å². The Morgan fingerprint density at radius 3 is 1.46 bits per heavy atom. The molecular weight excluding hydrogens is 837 g/mol. The van der Waals surface area contributed by atoms with E-state index in [0.717, 1.165) is 40.4 Å². The number of hydrogen-bond acceptors (Lipinski definition) is 10. The van der Waals surface area contributed by atoms with E-state index >= 15 is 0 Å². The molecule has 0 radical (unpaired) electrons. The molecule has 0 saturated heterocycles. The minimum absolute atomic E-state index is 0.0380. The molecule has 1 aliphatic rings. The van der Waals surface area contributed by atoms with Crippen molar-refractivity contribution in [1.29, 1.82) is 10.5 Å². The molecule has 0 aliphatic heterocycles. The monoisotopic (exact) mass is 890 g/mol. The van der Waals surface area contributed by atoms with Crippen molar-refractivity contribution in [3.63, 3.8) is 0 Å². The standard InChI is InChI=1S/C57H54N4O6/c1-5-64-55(62)44(39-58)36-41-16-24-48(25-17-41)60(3)32-34-66-50-28-20-46(21-29-50)57(38-53(43-12-8-7-9-13-43)52-14-10-11-15-54(52)57)47-22-30-51(31-23-47)67-35-33-61(4)49-26-18-42(19-27-49)37-45(40-59)56(63)65-6-2/h7-31,36-37,53H,5-6,32-35,38H2,1-4H3/b44-36+,45-37+. The van der Waals surface area contributed by atoms with Gasteiger partial charge in [-0.25, -0.2) is 9.59 Å². The molecule has 10 nitrogen and oxygen atoms in total. The van der Waals surface area contributed by atoms with Gasteiger partial charge in [0.2, 0.25) is 0 Å². The number of carbonyl (C=O) groups excluding carboxylic acids is 2. The predicted octanol–water partition coefficient (Wildman–Crippen LogP) is 10.5. The lowest BCUT2D eigenvalue weighted by Gasteiger charge is -2.33. The number of ether oxygens (including phenoxy) is 4. The minimum atomic E-state index is -0.628. The van der Waals surface area contributed by atoms with Crippen LogP contribution in [-0.2, 0) is 24.5 Å². The smallest absolute Gasteiger partial charge is 0.348 e. The fourth-order valence-corrected chi connectivity index (χ4v) is 8.62. The van der Waals surface area contributed by atoms with Gasteiger partial charge >= 0.3 is 11.9 Å². The van der Waals surface area contributed by atoms with E-state index in [1.54, 1.807) is 13.8 Å². The quantitative estimate of drug-likeness (QED) is 0.0441. The van der Waals surface area contributed by atoms with Crippen molar-refractivity contribution < 1.29 is 28.5 Å². The summed E-state index contributed by atoms with van der Waals surface area (Å²) in [5, 5.41) is 18.8. The third-order valence-electron chi connectivity index (χ3n) is 12.1. The topological polar surface area (TPSA) is 125 Å². The highest BCUT2D eigenvalue weighted by molar-refractivity contribution is 5.98. The van der Waals surface area contributed by atoms with Crippen LogP contribution in [-0.4, -0.2) is 65.6 Å². The van der Waals surface area contributed by atoms with Gasteiger partial charge in [-0.05, 0) is 120 Å². The number of rotatable bonds is 19. The van der Waals surface area contributed by atoms with Crippen LogP contribution >= 0.6 is 0 Å². The lowest BCUT2D eigenvalue weighted by molar-refractivity contribution is -0.138. The van der Waals surface area contributed by atoms with Crippen LogP contribution in [0.15, 0.2) is 163 Å². The highest BCUT2D eigenvalue weighted by Crippen LogP contribution is 2.56. The number of carbonyl (C=O) groups is 2. The average Bonchev–Trinajstić information content (AvgIpc) is 3.72. The Balaban J connectivity index is 1.04. The Bertz CT molecular complexity index is 2630. The molecule has 1 unspecified atom stereocenters. The number of fused-ring (bicyclic) bond motifs is 1. The van der Waals surface area contributed by atoms with E-state index in [1.807, 2.05) is 74.8 Å². The van der Waals surface area contributed by atoms with Crippen molar-refractivity contribution in [3.8, 4) is 23.6 Å². The fraction of sp³-hybridized carbons (Fsp3) is 0.228. The maximum absolute atomic E-state index is 12.1. The molecule has 0 saturated carbocycles. The molecule has 0 bridgehead atoms. The molecule has 0 spiro atoms. The van der Waals surface area contributed by atoms with Crippen molar-refractivity contribution in [2.24, 2.45) is 0 Å². The van der Waals surface area contributed by atoms with Crippen LogP contribution in [0.2, 0.25) is 0 Å². The molecule has 0 aromatic heterocycles. The van der Waals surface area contributed by atoms with Crippen LogP contribution in [0, 0.1) is 22.7 Å². The van der Waals surface area contributed by atoms with E-state index < -0.39 is 17.4 Å². The summed E-state index contributed by atoms with van der Waals surface area (Å²) in [6, 6.07) is 55.8. The normalized spacial score (nSPS) is 15.3. The zero-order valence-electron chi connectivity index (χ0n) is 38.4. The van der Waals surface area contributed by atoms with Gasteiger partial charge in [0, 0.05) is 36.8 Å². The second kappa shape index (κ2) is 22.2. The molecule has 6 aromatic rings. The fourth-order valence-electron chi connectivity index (χ4n) is 8.62. The van der Waals surface area contributed by atoms with Gasteiger partial charge in [-0.15, -0.1) is 0 Å². The Labute approximate surface area is 393 Å². The van der Waals surface area contributed by atoms with E-state index in [9.17, 15) is 20.1 Å². The van der Waals surface area contributed by atoms with Crippen LogP contribution < -0.4 is 19.3 Å². The molecular formula is C57H54N4O6. The second-order valence-corrected chi connectivity index (χ2v) is 16.2.